The summed E-state index contributed by atoms with van der Waals surface area (Å²) in [6.45, 7) is 20.1. The number of hydrogen-bond acceptors (Lipinski definition) is 1. The molecule has 0 saturated heterocycles. The Morgan fingerprint density at radius 1 is 0.294 bits per heavy atom. The summed E-state index contributed by atoms with van der Waals surface area (Å²) < 4.78 is 85.0. The molecule has 0 unspecified atom stereocenters. The number of aromatic nitrogens is 4. The fraction of sp³-hybridized carbons (Fsp3) is 0.125. The van der Waals surface area contributed by atoms with E-state index in [1.54, 1.807) is 4.57 Å². The van der Waals surface area contributed by atoms with Gasteiger partial charge in [0.05, 0.1) is 60.8 Å². The monoisotopic (exact) mass is 1320 g/mol. The summed E-state index contributed by atoms with van der Waals surface area (Å²) in [7, 11) is 0. The van der Waals surface area contributed by atoms with Crippen LogP contribution in [0.2, 0.25) is 0 Å². The maximum Gasteiger partial charge on any atom is 0.252 e. The van der Waals surface area contributed by atoms with Crippen molar-refractivity contribution in [3.63, 3.8) is 0 Å². The second kappa shape index (κ2) is 20.9. The first kappa shape index (κ1) is 51.3. The van der Waals surface area contributed by atoms with Crippen LogP contribution >= 0.6 is 0 Å². The average molecular weight is 1320 g/mol. The molecule has 5 aromatic heterocycles. The van der Waals surface area contributed by atoms with E-state index in [9.17, 15) is 8.22 Å². The van der Waals surface area contributed by atoms with Crippen molar-refractivity contribution in [3.8, 4) is 28.2 Å². The van der Waals surface area contributed by atoms with Crippen molar-refractivity contribution in [2.24, 2.45) is 0 Å². The fourth-order valence-corrected chi connectivity index (χ4v) is 17.7. The van der Waals surface area contributed by atoms with Gasteiger partial charge in [0.2, 0.25) is 0 Å². The Hall–Kier alpha value is -11.9. The lowest BCUT2D eigenvalue weighted by atomic mass is 9.33. The van der Waals surface area contributed by atoms with Gasteiger partial charge in [0.1, 0.15) is 0 Å². The molecule has 0 saturated carbocycles. The van der Waals surface area contributed by atoms with E-state index in [1.807, 2.05) is 12.1 Å². The van der Waals surface area contributed by atoms with E-state index in [4.69, 9.17) is 2.74 Å². The molecule has 0 aliphatic carbocycles. The number of nitrogens with zero attached hydrogens (tertiary/aromatic N) is 5. The zero-order valence-corrected chi connectivity index (χ0v) is 58.3. The van der Waals surface area contributed by atoms with E-state index in [0.29, 0.717) is 5.69 Å². The summed E-state index contributed by atoms with van der Waals surface area (Å²) in [5.74, 6) is 0. The van der Waals surface area contributed by atoms with Crippen LogP contribution in [0.3, 0.4) is 0 Å². The van der Waals surface area contributed by atoms with Crippen molar-refractivity contribution in [2.45, 2.75) is 78.6 Å². The molecule has 0 atom stereocenters. The molecule has 0 spiro atoms. The number of anilines is 3. The first-order valence-corrected chi connectivity index (χ1v) is 35.6. The highest BCUT2D eigenvalue weighted by molar-refractivity contribution is 7.00. The maximum absolute atomic E-state index is 9.87. The number of hydrogen-bond donors (Lipinski definition) is 0. The zero-order chi connectivity index (χ0) is 75.5. The van der Waals surface area contributed by atoms with E-state index < -0.39 is 30.9 Å². The molecule has 19 aromatic rings. The molecule has 0 fully saturated rings. The molecule has 5 nitrogen and oxygen atoms in total. The quantitative estimate of drug-likeness (QED) is 0.161. The largest absolute Gasteiger partial charge is 0.311 e. The van der Waals surface area contributed by atoms with E-state index in [0.717, 1.165) is 148 Å². The van der Waals surface area contributed by atoms with Crippen molar-refractivity contribution < 1.29 is 11.0 Å². The van der Waals surface area contributed by atoms with Gasteiger partial charge in [-0.25, -0.2) is 0 Å². The molecule has 102 heavy (non-hydrogen) atoms. The molecule has 0 radical (unpaired) electrons. The van der Waals surface area contributed by atoms with Gasteiger partial charge in [0.15, 0.2) is 0 Å². The predicted molar refractivity (Wildman–Crippen MR) is 438 cm³/mol. The minimum atomic E-state index is -0.504. The lowest BCUT2D eigenvalue weighted by molar-refractivity contribution is 0.590. The van der Waals surface area contributed by atoms with Crippen molar-refractivity contribution >= 4 is 165 Å². The van der Waals surface area contributed by atoms with Crippen LogP contribution in [0.4, 0.5) is 17.1 Å². The molecule has 486 valence electrons. The lowest BCUT2D eigenvalue weighted by Crippen LogP contribution is -2.60. The smallest absolute Gasteiger partial charge is 0.252 e. The molecule has 2 aliphatic rings. The van der Waals surface area contributed by atoms with E-state index in [1.165, 1.54) is 27.5 Å². The Morgan fingerprint density at radius 2 is 0.784 bits per heavy atom. The molecule has 7 heterocycles. The average Bonchev–Trinajstić information content (AvgIpc) is 1.44. The molecule has 14 aromatic carbocycles. The van der Waals surface area contributed by atoms with E-state index in [2.05, 4.69) is 305 Å². The summed E-state index contributed by atoms with van der Waals surface area (Å²) in [5.41, 5.74) is 21.1. The number of fused-ring (bicyclic) bond motifs is 24. The van der Waals surface area contributed by atoms with Crippen LogP contribution in [0.25, 0.3) is 153 Å². The Labute approximate surface area is 604 Å². The Balaban J connectivity index is 0.997. The summed E-state index contributed by atoms with van der Waals surface area (Å²) in [4.78, 5) is 2.43. The third kappa shape index (κ3) is 8.23. The summed E-state index contributed by atoms with van der Waals surface area (Å²) in [6, 6.07) is 84.1. The molecule has 2 aliphatic heterocycles. The molecule has 0 bridgehead atoms. The van der Waals surface area contributed by atoms with Gasteiger partial charge in [-0.1, -0.05) is 250 Å². The second-order valence-electron chi connectivity index (χ2n) is 31.5. The highest BCUT2D eigenvalue weighted by atomic mass is 15.2. The minimum absolute atomic E-state index is 0.0188. The van der Waals surface area contributed by atoms with Crippen molar-refractivity contribution in [2.75, 3.05) is 4.90 Å². The van der Waals surface area contributed by atoms with Gasteiger partial charge < -0.3 is 23.0 Å². The topological polar surface area (TPSA) is 22.4 Å². The van der Waals surface area contributed by atoms with Crippen LogP contribution < -0.4 is 21.3 Å². The highest BCUT2D eigenvalue weighted by Crippen LogP contribution is 2.51. The van der Waals surface area contributed by atoms with Crippen LogP contribution in [0.5, 0.6) is 0 Å². The van der Waals surface area contributed by atoms with Gasteiger partial charge in [-0.2, -0.15) is 0 Å². The van der Waals surface area contributed by atoms with Crippen LogP contribution in [0, 0.1) is 0 Å². The third-order valence-electron chi connectivity index (χ3n) is 22.6. The van der Waals surface area contributed by atoms with Crippen molar-refractivity contribution in [1.29, 1.82) is 0 Å². The van der Waals surface area contributed by atoms with E-state index in [-0.39, 0.29) is 62.2 Å². The standard InChI is InChI=1S/C96H74BN5/c1-94(2,3)59-40-47-83-74(50-59)75-51-60(95(4,5)6)41-48-84(75)99(83)64-53-77-76-52-61(96(7,8)9)42-49-85(76)102-88-56-87-89(73-34-23-33-72-68-29-16-14-27-66(68)65-26-13-15-28-67(65)69-30-17-22-37-82(69)101(87)91(72)73)93-90(88)97(79(54-64)92(77)102)78-46-45-63(98-80-35-20-18-31-70(80)71-32-19-21-36-81(71)98)55-86(78)100(93)62-43-38-58(39-44-62)57-24-11-10-12-25-57/h10-56H,1-9H3/i18D,19D,20D,21D,31D,32D,35D,36D. The normalized spacial score (nSPS) is 14.4. The van der Waals surface area contributed by atoms with Gasteiger partial charge in [0.25, 0.3) is 6.71 Å². The van der Waals surface area contributed by atoms with Gasteiger partial charge in [-0.05, 0) is 179 Å². The number of para-hydroxylation sites is 4. The fourth-order valence-electron chi connectivity index (χ4n) is 17.7. The van der Waals surface area contributed by atoms with Crippen LogP contribution in [0.1, 0.15) is 90.0 Å². The van der Waals surface area contributed by atoms with Gasteiger partial charge in [0, 0.05) is 87.8 Å². The van der Waals surface area contributed by atoms with Crippen molar-refractivity contribution in [3.05, 3.63) is 302 Å². The van der Waals surface area contributed by atoms with Crippen molar-refractivity contribution in [1.82, 2.24) is 18.1 Å². The summed E-state index contributed by atoms with van der Waals surface area (Å²) in [6.07, 6.45) is 0. The van der Waals surface area contributed by atoms with Crippen LogP contribution in [0.15, 0.2) is 285 Å². The Bertz CT molecular complexity index is 7300. The van der Waals surface area contributed by atoms with Crippen LogP contribution in [-0.2, 0) is 16.2 Å². The summed E-state index contributed by atoms with van der Waals surface area (Å²) in [5, 5.41) is 13.3. The zero-order valence-electron chi connectivity index (χ0n) is 66.3. The second-order valence-corrected chi connectivity index (χ2v) is 31.5. The predicted octanol–water partition coefficient (Wildman–Crippen LogP) is 23.7. The molecular weight excluding hydrogens is 1230 g/mol. The number of benzene rings is 14. The summed E-state index contributed by atoms with van der Waals surface area (Å²) >= 11 is 0. The first-order valence-electron chi connectivity index (χ1n) is 39.6. The molecule has 21 rings (SSSR count). The Kier molecular flexibility index (Phi) is 10.5. The molecular formula is C96H74BN5. The molecule has 0 N–H and O–H groups in total. The number of rotatable bonds is 4. The third-order valence-corrected chi connectivity index (χ3v) is 22.6. The molecule has 6 heteroatoms. The van der Waals surface area contributed by atoms with Gasteiger partial charge in [-0.3, -0.25) is 0 Å². The SMILES string of the molecule is [2H]c1c([2H])c([2H])c2c(c1[2H])c1c([2H])c([2H])c([2H])c([2H])c1n2-c1ccc2c(c1)N(c1ccc(-c3ccccc3)cc1)c1c3c(cc4c1c1cccc5c6ccccc6c6ccccc6c6ccccc6n4c51)-n1c4ccc(C(C)(C)C)cc4c4cc(-n5c6ccc(C(C)(C)C)cc6c6cc(C(C)(C)C)ccc65)cc(c41)B23. The lowest BCUT2D eigenvalue weighted by Gasteiger charge is -2.41. The highest BCUT2D eigenvalue weighted by Gasteiger charge is 2.45. The first-order chi connectivity index (χ1) is 52.8. The minimum Gasteiger partial charge on any atom is -0.311 e. The van der Waals surface area contributed by atoms with E-state index >= 15 is 0 Å². The van der Waals surface area contributed by atoms with Gasteiger partial charge in [-0.15, -0.1) is 0 Å². The van der Waals surface area contributed by atoms with Gasteiger partial charge >= 0.3 is 0 Å². The maximum atomic E-state index is 9.87. The Morgan fingerprint density at radius 3 is 1.39 bits per heavy atom. The van der Waals surface area contributed by atoms with Crippen LogP contribution in [-0.4, -0.2) is 24.8 Å². The molecule has 0 amide bonds.